The first kappa shape index (κ1) is 18.9. The van der Waals surface area contributed by atoms with Gasteiger partial charge in [0.05, 0.1) is 27.4 Å². The Balaban J connectivity index is 2.06. The van der Waals surface area contributed by atoms with E-state index in [0.717, 1.165) is 24.8 Å². The molecule has 1 fully saturated rings. The molecule has 1 aromatic rings. The van der Waals surface area contributed by atoms with E-state index in [4.69, 9.17) is 14.2 Å². The van der Waals surface area contributed by atoms with Crippen LogP contribution < -0.4 is 19.5 Å². The van der Waals surface area contributed by atoms with E-state index in [9.17, 15) is 10.1 Å². The van der Waals surface area contributed by atoms with E-state index in [-0.39, 0.29) is 5.91 Å². The van der Waals surface area contributed by atoms with Crippen LogP contribution in [0.5, 0.6) is 17.2 Å². The lowest BCUT2D eigenvalue weighted by Gasteiger charge is -2.29. The van der Waals surface area contributed by atoms with Gasteiger partial charge in [0.1, 0.15) is 22.7 Å². The van der Waals surface area contributed by atoms with Crippen molar-refractivity contribution in [2.45, 2.75) is 38.5 Å². The van der Waals surface area contributed by atoms with Crippen LogP contribution in [0.15, 0.2) is 12.1 Å². The number of carbonyl (C=O) groups is 1. The number of hydrogen-bond acceptors (Lipinski definition) is 5. The predicted molar refractivity (Wildman–Crippen MR) is 93.9 cm³/mol. The molecule has 1 N–H and O–H groups in total. The van der Waals surface area contributed by atoms with Crippen molar-refractivity contribution in [3.05, 3.63) is 17.7 Å². The number of nitrogens with zero attached hydrogens (tertiary/aromatic N) is 1. The molecule has 0 aliphatic heterocycles. The molecule has 6 heteroatoms. The molecular weight excluding hydrogens is 320 g/mol. The van der Waals surface area contributed by atoms with E-state index in [1.807, 2.05) is 0 Å². The molecule has 1 aromatic carbocycles. The summed E-state index contributed by atoms with van der Waals surface area (Å²) >= 11 is 0. The van der Waals surface area contributed by atoms with Gasteiger partial charge < -0.3 is 19.5 Å². The molecule has 0 radical (unpaired) electrons. The fourth-order valence-electron chi connectivity index (χ4n) is 3.34. The topological polar surface area (TPSA) is 80.6 Å². The van der Waals surface area contributed by atoms with E-state index in [0.29, 0.717) is 43.1 Å². The molecule has 0 heterocycles. The largest absolute Gasteiger partial charge is 0.496 e. The number of ether oxygens (including phenoxy) is 3. The summed E-state index contributed by atoms with van der Waals surface area (Å²) in [6.45, 7) is 0.418. The van der Waals surface area contributed by atoms with Gasteiger partial charge in [-0.05, 0) is 19.3 Å². The summed E-state index contributed by atoms with van der Waals surface area (Å²) in [7, 11) is 4.76. The molecule has 1 amide bonds. The highest BCUT2D eigenvalue weighted by Crippen LogP contribution is 2.36. The molecule has 0 unspecified atom stereocenters. The summed E-state index contributed by atoms with van der Waals surface area (Å²) in [5.41, 5.74) is -0.00691. The van der Waals surface area contributed by atoms with E-state index >= 15 is 0 Å². The fourth-order valence-corrected chi connectivity index (χ4v) is 3.34. The standard InChI is InChI=1S/C19H26N2O4/c1-23-14-11-16(24-2)15(17(12-14)25-3)7-10-21-18(22)19(13-20)8-5-4-6-9-19/h11-12H,4-10H2,1-3H3,(H,21,22). The van der Waals surface area contributed by atoms with Crippen molar-refractivity contribution in [1.29, 1.82) is 5.26 Å². The number of nitrogens with one attached hydrogen (secondary N) is 1. The summed E-state index contributed by atoms with van der Waals surface area (Å²) in [5.74, 6) is 1.78. The van der Waals surface area contributed by atoms with Gasteiger partial charge in [-0.3, -0.25) is 4.79 Å². The number of benzene rings is 1. The van der Waals surface area contributed by atoms with Crippen LogP contribution in [0.2, 0.25) is 0 Å². The molecule has 2 rings (SSSR count). The smallest absolute Gasteiger partial charge is 0.240 e. The maximum atomic E-state index is 12.5. The Hall–Kier alpha value is -2.42. The fraction of sp³-hybridized carbons (Fsp3) is 0.579. The lowest BCUT2D eigenvalue weighted by Crippen LogP contribution is -2.42. The Kier molecular flexibility index (Phi) is 6.51. The molecule has 1 saturated carbocycles. The zero-order valence-corrected chi connectivity index (χ0v) is 15.2. The van der Waals surface area contributed by atoms with Crippen molar-refractivity contribution < 1.29 is 19.0 Å². The molecule has 0 atom stereocenters. The van der Waals surface area contributed by atoms with Gasteiger partial charge in [0.25, 0.3) is 0 Å². The maximum absolute atomic E-state index is 12.5. The van der Waals surface area contributed by atoms with E-state index < -0.39 is 5.41 Å². The van der Waals surface area contributed by atoms with Gasteiger partial charge in [-0.15, -0.1) is 0 Å². The number of carbonyl (C=O) groups excluding carboxylic acids is 1. The van der Waals surface area contributed by atoms with Gasteiger partial charge >= 0.3 is 0 Å². The average Bonchev–Trinajstić information content (AvgIpc) is 2.67. The van der Waals surface area contributed by atoms with Crippen LogP contribution in [0.25, 0.3) is 0 Å². The Morgan fingerprint density at radius 3 is 2.20 bits per heavy atom. The molecule has 136 valence electrons. The highest BCUT2D eigenvalue weighted by molar-refractivity contribution is 5.85. The van der Waals surface area contributed by atoms with Crippen molar-refractivity contribution in [3.8, 4) is 23.3 Å². The second kappa shape index (κ2) is 8.61. The zero-order valence-electron chi connectivity index (χ0n) is 15.2. The number of rotatable bonds is 7. The van der Waals surface area contributed by atoms with Gasteiger partial charge in [0.2, 0.25) is 5.91 Å². The highest BCUT2D eigenvalue weighted by atomic mass is 16.5. The van der Waals surface area contributed by atoms with Crippen LogP contribution >= 0.6 is 0 Å². The lowest BCUT2D eigenvalue weighted by molar-refractivity contribution is -0.129. The maximum Gasteiger partial charge on any atom is 0.240 e. The first-order chi connectivity index (χ1) is 12.1. The van der Waals surface area contributed by atoms with E-state index in [2.05, 4.69) is 11.4 Å². The lowest BCUT2D eigenvalue weighted by atomic mass is 9.74. The van der Waals surface area contributed by atoms with Crippen LogP contribution in [0.3, 0.4) is 0 Å². The van der Waals surface area contributed by atoms with Crippen molar-refractivity contribution in [1.82, 2.24) is 5.32 Å². The SMILES string of the molecule is COc1cc(OC)c(CCNC(=O)C2(C#N)CCCCC2)c(OC)c1. The van der Waals surface area contributed by atoms with Gasteiger partial charge in [0, 0.05) is 24.2 Å². The second-order valence-electron chi connectivity index (χ2n) is 6.27. The van der Waals surface area contributed by atoms with Crippen molar-refractivity contribution in [2.75, 3.05) is 27.9 Å². The summed E-state index contributed by atoms with van der Waals surface area (Å²) in [4.78, 5) is 12.5. The summed E-state index contributed by atoms with van der Waals surface area (Å²) < 4.78 is 16.1. The number of methoxy groups -OCH3 is 3. The van der Waals surface area contributed by atoms with Gasteiger partial charge in [-0.25, -0.2) is 0 Å². The predicted octanol–water partition coefficient (Wildman–Crippen LogP) is 2.85. The van der Waals surface area contributed by atoms with Crippen LogP contribution in [-0.2, 0) is 11.2 Å². The average molecular weight is 346 g/mol. The van der Waals surface area contributed by atoms with Crippen LogP contribution in [0.4, 0.5) is 0 Å². The van der Waals surface area contributed by atoms with E-state index in [1.54, 1.807) is 33.5 Å². The Morgan fingerprint density at radius 2 is 1.72 bits per heavy atom. The monoisotopic (exact) mass is 346 g/mol. The van der Waals surface area contributed by atoms with Gasteiger partial charge in [-0.1, -0.05) is 19.3 Å². The minimum atomic E-state index is -0.869. The molecule has 6 nitrogen and oxygen atoms in total. The summed E-state index contributed by atoms with van der Waals surface area (Å²) in [6.07, 6.45) is 4.79. The van der Waals surface area contributed by atoms with Crippen molar-refractivity contribution in [2.24, 2.45) is 5.41 Å². The summed E-state index contributed by atoms with van der Waals surface area (Å²) in [5, 5.41) is 12.4. The Labute approximate surface area is 149 Å². The molecule has 0 aromatic heterocycles. The minimum Gasteiger partial charge on any atom is -0.496 e. The first-order valence-electron chi connectivity index (χ1n) is 8.58. The Morgan fingerprint density at radius 1 is 1.12 bits per heavy atom. The van der Waals surface area contributed by atoms with Crippen LogP contribution in [0, 0.1) is 16.7 Å². The minimum absolute atomic E-state index is 0.166. The zero-order chi connectivity index (χ0) is 18.3. The highest BCUT2D eigenvalue weighted by Gasteiger charge is 2.39. The molecule has 0 bridgehead atoms. The van der Waals surface area contributed by atoms with Crippen LogP contribution in [0.1, 0.15) is 37.7 Å². The third kappa shape index (κ3) is 4.16. The number of hydrogen-bond donors (Lipinski definition) is 1. The first-order valence-corrected chi connectivity index (χ1v) is 8.58. The third-order valence-corrected chi connectivity index (χ3v) is 4.83. The molecule has 0 spiro atoms. The van der Waals surface area contributed by atoms with Crippen molar-refractivity contribution >= 4 is 5.91 Å². The quantitative estimate of drug-likeness (QED) is 0.821. The molecular formula is C19H26N2O4. The molecule has 1 aliphatic rings. The van der Waals surface area contributed by atoms with Gasteiger partial charge in [0.15, 0.2) is 0 Å². The molecule has 25 heavy (non-hydrogen) atoms. The normalized spacial score (nSPS) is 15.8. The molecule has 0 saturated heterocycles. The van der Waals surface area contributed by atoms with E-state index in [1.165, 1.54) is 0 Å². The second-order valence-corrected chi connectivity index (χ2v) is 6.27. The van der Waals surface area contributed by atoms with Crippen LogP contribution in [-0.4, -0.2) is 33.8 Å². The third-order valence-electron chi connectivity index (χ3n) is 4.83. The van der Waals surface area contributed by atoms with Gasteiger partial charge in [-0.2, -0.15) is 5.26 Å². The molecule has 1 aliphatic carbocycles. The summed E-state index contributed by atoms with van der Waals surface area (Å²) in [6, 6.07) is 5.83. The van der Waals surface area contributed by atoms with Crippen molar-refractivity contribution in [3.63, 3.8) is 0 Å². The Bertz CT molecular complexity index is 620. The number of amides is 1. The number of nitriles is 1.